The molecule has 1 saturated heterocycles. The van der Waals surface area contributed by atoms with Gasteiger partial charge in [0.1, 0.15) is 0 Å². The van der Waals surface area contributed by atoms with E-state index in [2.05, 4.69) is 23.1 Å². The summed E-state index contributed by atoms with van der Waals surface area (Å²) in [6, 6.07) is 0.503. The number of hydrogen-bond donors (Lipinski definition) is 1. The molecule has 0 aromatic carbocycles. The lowest BCUT2D eigenvalue weighted by Gasteiger charge is -2.45. The quantitative estimate of drug-likeness (QED) is 0.727. The fourth-order valence-electron chi connectivity index (χ4n) is 3.92. The third kappa shape index (κ3) is 2.73. The van der Waals surface area contributed by atoms with E-state index in [1.165, 1.54) is 58.0 Å². The Hall–Kier alpha value is -0.520. The Morgan fingerprint density at radius 1 is 1.22 bits per heavy atom. The van der Waals surface area contributed by atoms with Crippen molar-refractivity contribution in [3.63, 3.8) is 0 Å². The van der Waals surface area contributed by atoms with E-state index in [-0.39, 0.29) is 0 Å². The maximum Gasteiger partial charge on any atom is 0.0371 e. The van der Waals surface area contributed by atoms with Gasteiger partial charge in [0.25, 0.3) is 0 Å². The van der Waals surface area contributed by atoms with Crippen LogP contribution >= 0.6 is 0 Å². The van der Waals surface area contributed by atoms with Crippen LogP contribution in [0.4, 0.5) is 0 Å². The van der Waals surface area contributed by atoms with Crippen molar-refractivity contribution in [3.8, 4) is 12.3 Å². The van der Waals surface area contributed by atoms with Crippen molar-refractivity contribution < 1.29 is 0 Å². The van der Waals surface area contributed by atoms with Crippen molar-refractivity contribution in [3.05, 3.63) is 0 Å². The summed E-state index contributed by atoms with van der Waals surface area (Å²) in [5.74, 6) is 2.91. The van der Waals surface area contributed by atoms with E-state index in [0.29, 0.717) is 11.6 Å². The largest absolute Gasteiger partial charge is 0.311 e. The molecule has 2 rings (SSSR count). The summed E-state index contributed by atoms with van der Waals surface area (Å²) in [6.07, 6.45) is 15.9. The van der Waals surface area contributed by atoms with Crippen molar-refractivity contribution in [1.29, 1.82) is 0 Å². The Balaban J connectivity index is 2.12. The molecular formula is C16H28N2. The van der Waals surface area contributed by atoms with Crippen LogP contribution in [0.5, 0.6) is 0 Å². The van der Waals surface area contributed by atoms with Crippen LogP contribution in [-0.2, 0) is 0 Å². The van der Waals surface area contributed by atoms with Gasteiger partial charge in [-0.25, -0.2) is 0 Å². The summed E-state index contributed by atoms with van der Waals surface area (Å²) in [4.78, 5) is 2.75. The monoisotopic (exact) mass is 248 g/mol. The van der Waals surface area contributed by atoms with Crippen LogP contribution in [0.25, 0.3) is 0 Å². The second-order valence-electron chi connectivity index (χ2n) is 5.92. The number of hydrogen-bond acceptors (Lipinski definition) is 2. The molecule has 1 aliphatic heterocycles. The van der Waals surface area contributed by atoms with Crippen LogP contribution in [0.1, 0.15) is 58.3 Å². The second kappa shape index (κ2) is 6.59. The predicted octanol–water partition coefficient (Wildman–Crippen LogP) is 2.79. The minimum Gasteiger partial charge on any atom is -0.311 e. The minimum absolute atomic E-state index is 0.373. The second-order valence-corrected chi connectivity index (χ2v) is 5.92. The van der Waals surface area contributed by atoms with E-state index < -0.39 is 0 Å². The summed E-state index contributed by atoms with van der Waals surface area (Å²) < 4.78 is 0. The molecule has 18 heavy (non-hydrogen) atoms. The molecule has 2 nitrogen and oxygen atoms in total. The van der Waals surface area contributed by atoms with Crippen LogP contribution in [0.15, 0.2) is 0 Å². The van der Waals surface area contributed by atoms with E-state index in [0.717, 1.165) is 13.0 Å². The summed E-state index contributed by atoms with van der Waals surface area (Å²) in [6.45, 7) is 5.91. The first-order valence-electron chi connectivity index (χ1n) is 7.75. The molecule has 1 N–H and O–H groups in total. The Morgan fingerprint density at radius 3 is 2.44 bits per heavy atom. The van der Waals surface area contributed by atoms with Crippen LogP contribution in [-0.4, -0.2) is 36.1 Å². The Bertz CT molecular complexity index is 280. The minimum atomic E-state index is 0.373. The molecule has 0 bridgehead atoms. The van der Waals surface area contributed by atoms with Crippen molar-refractivity contribution in [2.75, 3.05) is 19.6 Å². The van der Waals surface area contributed by atoms with E-state index in [4.69, 9.17) is 6.42 Å². The van der Waals surface area contributed by atoms with Crippen molar-refractivity contribution >= 4 is 0 Å². The normalized spacial score (nSPS) is 25.1. The lowest BCUT2D eigenvalue weighted by Crippen LogP contribution is -2.59. The lowest BCUT2D eigenvalue weighted by atomic mass is 9.84. The molecule has 0 amide bonds. The first-order valence-corrected chi connectivity index (χ1v) is 7.75. The number of rotatable bonds is 6. The van der Waals surface area contributed by atoms with Gasteiger partial charge in [-0.3, -0.25) is 4.90 Å². The predicted molar refractivity (Wildman–Crippen MR) is 77.5 cm³/mol. The molecular weight excluding hydrogens is 220 g/mol. The molecule has 0 radical (unpaired) electrons. The number of terminal acetylenes is 1. The van der Waals surface area contributed by atoms with Gasteiger partial charge in [0.05, 0.1) is 0 Å². The zero-order valence-corrected chi connectivity index (χ0v) is 11.9. The molecule has 0 aromatic heterocycles. The molecule has 0 spiro atoms. The van der Waals surface area contributed by atoms with Crippen LogP contribution in [0.2, 0.25) is 0 Å². The molecule has 1 atom stereocenters. The topological polar surface area (TPSA) is 15.3 Å². The molecule has 1 aliphatic carbocycles. The Kier molecular flexibility index (Phi) is 5.09. The highest BCUT2D eigenvalue weighted by molar-refractivity contribution is 5.08. The molecule has 1 unspecified atom stereocenters. The maximum absolute atomic E-state index is 5.62. The molecule has 1 saturated carbocycles. The first kappa shape index (κ1) is 13.9. The van der Waals surface area contributed by atoms with Crippen LogP contribution in [0.3, 0.4) is 0 Å². The van der Waals surface area contributed by atoms with Gasteiger partial charge in [0.2, 0.25) is 0 Å². The van der Waals surface area contributed by atoms with Crippen molar-refractivity contribution in [2.45, 2.75) is 69.9 Å². The molecule has 2 aliphatic rings. The third-order valence-electron chi connectivity index (χ3n) is 4.82. The SMILES string of the molecule is C#CCC(NCCC)C1(N2CCCC2)CCCC1. The highest BCUT2D eigenvalue weighted by Gasteiger charge is 2.45. The smallest absolute Gasteiger partial charge is 0.0371 e. The van der Waals surface area contributed by atoms with Gasteiger partial charge in [-0.1, -0.05) is 19.8 Å². The van der Waals surface area contributed by atoms with Gasteiger partial charge in [0, 0.05) is 18.0 Å². The Morgan fingerprint density at radius 2 is 1.89 bits per heavy atom. The Labute approximate surface area is 113 Å². The zero-order valence-electron chi connectivity index (χ0n) is 11.9. The molecule has 0 aromatic rings. The first-order chi connectivity index (χ1) is 8.83. The highest BCUT2D eigenvalue weighted by Crippen LogP contribution is 2.40. The van der Waals surface area contributed by atoms with E-state index in [9.17, 15) is 0 Å². The summed E-state index contributed by atoms with van der Waals surface area (Å²) >= 11 is 0. The van der Waals surface area contributed by atoms with E-state index >= 15 is 0 Å². The average molecular weight is 248 g/mol. The number of nitrogens with one attached hydrogen (secondary N) is 1. The van der Waals surface area contributed by atoms with Crippen molar-refractivity contribution in [2.24, 2.45) is 0 Å². The molecule has 2 fully saturated rings. The summed E-state index contributed by atoms with van der Waals surface area (Å²) in [5.41, 5.74) is 0.373. The van der Waals surface area contributed by atoms with E-state index in [1.807, 2.05) is 0 Å². The fourth-order valence-corrected chi connectivity index (χ4v) is 3.92. The van der Waals surface area contributed by atoms with Gasteiger partial charge >= 0.3 is 0 Å². The van der Waals surface area contributed by atoms with Crippen molar-refractivity contribution in [1.82, 2.24) is 10.2 Å². The molecule has 2 heteroatoms. The number of nitrogens with zero attached hydrogens (tertiary/aromatic N) is 1. The number of likely N-dealkylation sites (tertiary alicyclic amines) is 1. The average Bonchev–Trinajstić information content (AvgIpc) is 3.04. The standard InChI is InChI=1S/C16H28N2/c1-3-9-15(17-12-4-2)16(10-5-6-11-16)18-13-7-8-14-18/h1,15,17H,4-14H2,2H3. The maximum atomic E-state index is 5.62. The lowest BCUT2D eigenvalue weighted by molar-refractivity contribution is 0.0785. The molecule has 1 heterocycles. The third-order valence-corrected chi connectivity index (χ3v) is 4.82. The van der Waals surface area contributed by atoms with Gasteiger partial charge in [-0.2, -0.15) is 0 Å². The highest BCUT2D eigenvalue weighted by atomic mass is 15.2. The van der Waals surface area contributed by atoms with Crippen LogP contribution < -0.4 is 5.32 Å². The van der Waals surface area contributed by atoms with Gasteiger partial charge in [-0.05, 0) is 51.7 Å². The molecule has 102 valence electrons. The summed E-state index contributed by atoms with van der Waals surface area (Å²) in [5, 5.41) is 3.75. The van der Waals surface area contributed by atoms with Crippen LogP contribution in [0, 0.1) is 12.3 Å². The van der Waals surface area contributed by atoms with E-state index in [1.54, 1.807) is 0 Å². The van der Waals surface area contributed by atoms with Gasteiger partial charge < -0.3 is 5.32 Å². The fraction of sp³-hybridized carbons (Fsp3) is 0.875. The van der Waals surface area contributed by atoms with Gasteiger partial charge in [-0.15, -0.1) is 12.3 Å². The van der Waals surface area contributed by atoms with Gasteiger partial charge in [0.15, 0.2) is 0 Å². The zero-order chi connectivity index (χ0) is 12.8. The summed E-state index contributed by atoms with van der Waals surface area (Å²) in [7, 11) is 0.